The lowest BCUT2D eigenvalue weighted by Gasteiger charge is -2.18. The quantitative estimate of drug-likeness (QED) is 0.380. The van der Waals surface area contributed by atoms with Crippen molar-refractivity contribution in [3.05, 3.63) is 0 Å². The minimum absolute atomic E-state index is 0.00551. The fourth-order valence-corrected chi connectivity index (χ4v) is 0.627. The zero-order chi connectivity index (χ0) is 7.98. The maximum absolute atomic E-state index is 5.57. The van der Waals surface area contributed by atoms with Crippen LogP contribution in [0, 0.1) is 0 Å². The second-order valence-corrected chi connectivity index (χ2v) is 2.22. The first-order valence-electron chi connectivity index (χ1n) is 3.71. The van der Waals surface area contributed by atoms with E-state index in [2.05, 4.69) is 10.6 Å². The molecular formula is C6H18N4. The van der Waals surface area contributed by atoms with Crippen molar-refractivity contribution in [2.24, 2.45) is 11.5 Å². The Labute approximate surface area is 62.3 Å². The van der Waals surface area contributed by atoms with Crippen molar-refractivity contribution in [3.8, 4) is 0 Å². The molecule has 2 atom stereocenters. The molecule has 0 fully saturated rings. The van der Waals surface area contributed by atoms with Gasteiger partial charge in [-0.05, 0) is 13.0 Å². The Morgan fingerprint density at radius 3 is 2.30 bits per heavy atom. The van der Waals surface area contributed by atoms with Crippen molar-refractivity contribution in [1.82, 2.24) is 10.6 Å². The Bertz CT molecular complexity index is 76.1. The van der Waals surface area contributed by atoms with Crippen LogP contribution in [0.3, 0.4) is 0 Å². The highest BCUT2D eigenvalue weighted by molar-refractivity contribution is 4.60. The number of hydrogen-bond acceptors (Lipinski definition) is 4. The fraction of sp³-hybridized carbons (Fsp3) is 1.00. The Hall–Kier alpha value is -0.160. The summed E-state index contributed by atoms with van der Waals surface area (Å²) in [5, 5.41) is 5.97. The molecule has 0 aromatic heterocycles. The van der Waals surface area contributed by atoms with Crippen LogP contribution in [0.1, 0.15) is 20.3 Å². The summed E-state index contributed by atoms with van der Waals surface area (Å²) in [5.41, 5.74) is 11.1. The molecule has 0 radical (unpaired) electrons. The average molecular weight is 146 g/mol. The van der Waals surface area contributed by atoms with E-state index in [1.54, 1.807) is 0 Å². The monoisotopic (exact) mass is 146 g/mol. The van der Waals surface area contributed by atoms with Gasteiger partial charge in [-0.15, -0.1) is 0 Å². The molecule has 0 saturated heterocycles. The molecule has 0 aliphatic carbocycles. The van der Waals surface area contributed by atoms with E-state index in [4.69, 9.17) is 11.5 Å². The number of nitrogens with one attached hydrogen (secondary N) is 2. The summed E-state index contributed by atoms with van der Waals surface area (Å²) in [7, 11) is 0. The Balaban J connectivity index is 3.27. The third-order valence-electron chi connectivity index (χ3n) is 1.26. The number of hydrogen-bond donors (Lipinski definition) is 4. The van der Waals surface area contributed by atoms with Gasteiger partial charge in [0.1, 0.15) is 6.29 Å². The zero-order valence-electron chi connectivity index (χ0n) is 6.72. The lowest BCUT2D eigenvalue weighted by molar-refractivity contribution is 0.381. The first-order valence-corrected chi connectivity index (χ1v) is 3.71. The van der Waals surface area contributed by atoms with Gasteiger partial charge in [0.25, 0.3) is 0 Å². The summed E-state index contributed by atoms with van der Waals surface area (Å²) in [5.74, 6) is 0. The molecule has 62 valence electrons. The van der Waals surface area contributed by atoms with Gasteiger partial charge in [-0.1, -0.05) is 13.8 Å². The predicted molar refractivity (Wildman–Crippen MR) is 43.1 cm³/mol. The first kappa shape index (κ1) is 9.84. The molecule has 0 aliphatic rings. The summed E-state index contributed by atoms with van der Waals surface area (Å²) >= 11 is 0. The fourth-order valence-electron chi connectivity index (χ4n) is 0.627. The molecule has 4 heteroatoms. The molecule has 0 saturated carbocycles. The minimum atomic E-state index is -0.181. The van der Waals surface area contributed by atoms with Crippen molar-refractivity contribution in [3.63, 3.8) is 0 Å². The highest BCUT2D eigenvalue weighted by atomic mass is 15.3. The standard InChI is InChI=1S/C6H18N4/c1-3-5(7)10-6(8)9-4-2/h5-6,9-10H,3-4,7-8H2,1-2H3. The van der Waals surface area contributed by atoms with Crippen LogP contribution in [0.5, 0.6) is 0 Å². The van der Waals surface area contributed by atoms with Crippen molar-refractivity contribution < 1.29 is 0 Å². The van der Waals surface area contributed by atoms with E-state index in [1.165, 1.54) is 0 Å². The summed E-state index contributed by atoms with van der Waals surface area (Å²) in [4.78, 5) is 0. The second-order valence-electron chi connectivity index (χ2n) is 2.22. The van der Waals surface area contributed by atoms with Crippen molar-refractivity contribution in [1.29, 1.82) is 0 Å². The van der Waals surface area contributed by atoms with Gasteiger partial charge in [0.2, 0.25) is 0 Å². The van der Waals surface area contributed by atoms with Crippen LogP contribution in [-0.4, -0.2) is 19.0 Å². The van der Waals surface area contributed by atoms with Crippen LogP contribution in [0.4, 0.5) is 0 Å². The Morgan fingerprint density at radius 2 is 1.90 bits per heavy atom. The van der Waals surface area contributed by atoms with Crippen LogP contribution in [0.25, 0.3) is 0 Å². The van der Waals surface area contributed by atoms with Crippen LogP contribution in [0.15, 0.2) is 0 Å². The van der Waals surface area contributed by atoms with Gasteiger partial charge in [-0.3, -0.25) is 10.6 Å². The molecule has 0 aromatic rings. The van der Waals surface area contributed by atoms with Gasteiger partial charge in [0, 0.05) is 0 Å². The van der Waals surface area contributed by atoms with Crippen molar-refractivity contribution in [2.75, 3.05) is 6.54 Å². The molecule has 0 bridgehead atoms. The Kier molecular flexibility index (Phi) is 5.52. The van der Waals surface area contributed by atoms with Gasteiger partial charge < -0.3 is 11.5 Å². The highest BCUT2D eigenvalue weighted by Gasteiger charge is 2.02. The summed E-state index contributed by atoms with van der Waals surface area (Å²) in [6.45, 7) is 4.86. The van der Waals surface area contributed by atoms with Gasteiger partial charge in [-0.25, -0.2) is 0 Å². The molecule has 0 aromatic carbocycles. The molecule has 0 spiro atoms. The molecule has 10 heavy (non-hydrogen) atoms. The third-order valence-corrected chi connectivity index (χ3v) is 1.26. The predicted octanol–water partition coefficient (Wildman–Crippen LogP) is -0.877. The largest absolute Gasteiger partial charge is 0.316 e. The first-order chi connectivity index (χ1) is 4.70. The molecular weight excluding hydrogens is 128 g/mol. The van der Waals surface area contributed by atoms with E-state index in [9.17, 15) is 0 Å². The summed E-state index contributed by atoms with van der Waals surface area (Å²) < 4.78 is 0. The van der Waals surface area contributed by atoms with Crippen LogP contribution < -0.4 is 22.1 Å². The summed E-state index contributed by atoms with van der Waals surface area (Å²) in [6.07, 6.45) is 0.702. The zero-order valence-corrected chi connectivity index (χ0v) is 6.72. The topological polar surface area (TPSA) is 76.1 Å². The molecule has 0 heterocycles. The molecule has 0 aliphatic heterocycles. The van der Waals surface area contributed by atoms with Gasteiger partial charge >= 0.3 is 0 Å². The van der Waals surface area contributed by atoms with Gasteiger partial charge in [0.05, 0.1) is 6.17 Å². The number of nitrogens with two attached hydrogens (primary N) is 2. The van der Waals surface area contributed by atoms with E-state index in [0.717, 1.165) is 13.0 Å². The van der Waals surface area contributed by atoms with Gasteiger partial charge in [-0.2, -0.15) is 0 Å². The van der Waals surface area contributed by atoms with E-state index >= 15 is 0 Å². The van der Waals surface area contributed by atoms with E-state index in [0.29, 0.717) is 0 Å². The maximum Gasteiger partial charge on any atom is 0.110 e. The van der Waals surface area contributed by atoms with Crippen molar-refractivity contribution in [2.45, 2.75) is 32.7 Å². The molecule has 6 N–H and O–H groups in total. The second kappa shape index (κ2) is 5.61. The average Bonchev–Trinajstić information content (AvgIpc) is 1.88. The number of rotatable bonds is 5. The van der Waals surface area contributed by atoms with Crippen LogP contribution >= 0.6 is 0 Å². The maximum atomic E-state index is 5.57. The Morgan fingerprint density at radius 1 is 1.30 bits per heavy atom. The van der Waals surface area contributed by atoms with Gasteiger partial charge in [0.15, 0.2) is 0 Å². The lowest BCUT2D eigenvalue weighted by atomic mass is 10.4. The van der Waals surface area contributed by atoms with Crippen LogP contribution in [0.2, 0.25) is 0 Å². The normalized spacial score (nSPS) is 16.8. The van der Waals surface area contributed by atoms with E-state index in [1.807, 2.05) is 13.8 Å². The smallest absolute Gasteiger partial charge is 0.110 e. The molecule has 0 rings (SSSR count). The minimum Gasteiger partial charge on any atom is -0.316 e. The highest BCUT2D eigenvalue weighted by Crippen LogP contribution is 1.78. The SMILES string of the molecule is CCNC(N)NC(N)CC. The molecule has 4 nitrogen and oxygen atoms in total. The van der Waals surface area contributed by atoms with Crippen LogP contribution in [-0.2, 0) is 0 Å². The third kappa shape index (κ3) is 4.69. The lowest BCUT2D eigenvalue weighted by Crippen LogP contribution is -2.55. The van der Waals surface area contributed by atoms with Crippen molar-refractivity contribution >= 4 is 0 Å². The van der Waals surface area contributed by atoms with E-state index in [-0.39, 0.29) is 12.5 Å². The molecule has 0 amide bonds. The summed E-state index contributed by atoms with van der Waals surface area (Å²) in [6, 6.07) is 0. The molecule has 2 unspecified atom stereocenters. The van der Waals surface area contributed by atoms with E-state index < -0.39 is 0 Å².